The second-order valence-electron chi connectivity index (χ2n) is 8.38. The molecule has 2 fully saturated rings. The first-order valence-corrected chi connectivity index (χ1v) is 10.7. The molecular formula is C24H24ClN3O3. The number of phenolic OH excluding ortho intramolecular Hbond substituents is 1. The highest BCUT2D eigenvalue weighted by molar-refractivity contribution is 6.30. The molecule has 0 spiro atoms. The fraction of sp³-hybridized carbons (Fsp3) is 0.292. The lowest BCUT2D eigenvalue weighted by atomic mass is 9.81. The van der Waals surface area contributed by atoms with Crippen LogP contribution >= 0.6 is 11.6 Å². The van der Waals surface area contributed by atoms with E-state index in [1.54, 1.807) is 12.3 Å². The number of benzene rings is 2. The SMILES string of the molecule is Cc1cc(C)c(C2NNC3C(=O)N(Cc4ccco4)C(c4ccc(Cl)cc4)C32)c(O)c1. The fourth-order valence-corrected chi connectivity index (χ4v) is 5.24. The van der Waals surface area contributed by atoms with Gasteiger partial charge in [-0.25, -0.2) is 10.9 Å². The number of rotatable bonds is 4. The van der Waals surface area contributed by atoms with Gasteiger partial charge in [0.1, 0.15) is 17.6 Å². The molecule has 2 aliphatic heterocycles. The number of aryl methyl sites for hydroxylation is 2. The van der Waals surface area contributed by atoms with Gasteiger partial charge in [-0.05, 0) is 60.9 Å². The number of hydrogen-bond donors (Lipinski definition) is 3. The largest absolute Gasteiger partial charge is 0.508 e. The smallest absolute Gasteiger partial charge is 0.242 e. The Hall–Kier alpha value is -2.80. The highest BCUT2D eigenvalue weighted by atomic mass is 35.5. The van der Waals surface area contributed by atoms with Crippen LogP contribution in [0.5, 0.6) is 5.75 Å². The Morgan fingerprint density at radius 1 is 1.10 bits per heavy atom. The van der Waals surface area contributed by atoms with Gasteiger partial charge in [-0.2, -0.15) is 0 Å². The Balaban J connectivity index is 1.60. The van der Waals surface area contributed by atoms with Gasteiger partial charge in [-0.15, -0.1) is 0 Å². The number of fused-ring (bicyclic) bond motifs is 1. The van der Waals surface area contributed by atoms with E-state index in [9.17, 15) is 9.90 Å². The van der Waals surface area contributed by atoms with E-state index in [0.717, 1.165) is 28.0 Å². The topological polar surface area (TPSA) is 77.7 Å². The van der Waals surface area contributed by atoms with Gasteiger partial charge in [0.15, 0.2) is 0 Å². The average Bonchev–Trinajstić information content (AvgIpc) is 3.43. The minimum Gasteiger partial charge on any atom is -0.508 e. The molecule has 2 aromatic carbocycles. The molecule has 4 unspecified atom stereocenters. The molecule has 31 heavy (non-hydrogen) atoms. The summed E-state index contributed by atoms with van der Waals surface area (Å²) >= 11 is 6.14. The number of nitrogens with zero attached hydrogens (tertiary/aromatic N) is 1. The van der Waals surface area contributed by atoms with Crippen molar-refractivity contribution in [1.82, 2.24) is 15.8 Å². The summed E-state index contributed by atoms with van der Waals surface area (Å²) in [5.41, 5.74) is 10.3. The number of carbonyl (C=O) groups excluding carboxylic acids is 1. The van der Waals surface area contributed by atoms with Crippen LogP contribution in [0.3, 0.4) is 0 Å². The third-order valence-corrected chi connectivity index (χ3v) is 6.60. The summed E-state index contributed by atoms with van der Waals surface area (Å²) in [6.45, 7) is 4.32. The molecule has 2 saturated heterocycles. The van der Waals surface area contributed by atoms with E-state index >= 15 is 0 Å². The molecule has 3 N–H and O–H groups in total. The summed E-state index contributed by atoms with van der Waals surface area (Å²) in [5, 5.41) is 11.4. The van der Waals surface area contributed by atoms with E-state index in [2.05, 4.69) is 16.9 Å². The van der Waals surface area contributed by atoms with Crippen LogP contribution in [-0.4, -0.2) is 22.0 Å². The number of likely N-dealkylation sites (tertiary alicyclic amines) is 1. The van der Waals surface area contributed by atoms with E-state index in [-0.39, 0.29) is 29.7 Å². The van der Waals surface area contributed by atoms with Crippen molar-refractivity contribution in [3.05, 3.63) is 87.8 Å². The first-order chi connectivity index (χ1) is 14.9. The third-order valence-electron chi connectivity index (χ3n) is 6.35. The van der Waals surface area contributed by atoms with Crippen LogP contribution in [0.25, 0.3) is 0 Å². The first-order valence-electron chi connectivity index (χ1n) is 10.3. The molecule has 1 amide bonds. The number of nitrogens with one attached hydrogen (secondary N) is 2. The number of furan rings is 1. The average molecular weight is 438 g/mol. The van der Waals surface area contributed by atoms with Gasteiger partial charge >= 0.3 is 0 Å². The molecule has 0 aliphatic carbocycles. The molecule has 1 aromatic heterocycles. The van der Waals surface area contributed by atoms with E-state index in [1.165, 1.54) is 0 Å². The second-order valence-corrected chi connectivity index (χ2v) is 8.81. The van der Waals surface area contributed by atoms with Crippen LogP contribution in [-0.2, 0) is 11.3 Å². The molecule has 160 valence electrons. The normalized spacial score (nSPS) is 25.3. The molecule has 0 saturated carbocycles. The Kier molecular flexibility index (Phi) is 5.01. The summed E-state index contributed by atoms with van der Waals surface area (Å²) in [4.78, 5) is 15.3. The Bertz CT molecular complexity index is 1090. The highest BCUT2D eigenvalue weighted by Gasteiger charge is 2.56. The maximum atomic E-state index is 13.5. The summed E-state index contributed by atoms with van der Waals surface area (Å²) < 4.78 is 5.54. The highest BCUT2D eigenvalue weighted by Crippen LogP contribution is 2.49. The number of phenols is 1. The molecule has 3 heterocycles. The zero-order valence-electron chi connectivity index (χ0n) is 17.3. The lowest BCUT2D eigenvalue weighted by Crippen LogP contribution is -2.41. The zero-order chi connectivity index (χ0) is 21.7. The van der Waals surface area contributed by atoms with Crippen molar-refractivity contribution in [2.75, 3.05) is 0 Å². The fourth-order valence-electron chi connectivity index (χ4n) is 5.11. The predicted octanol–water partition coefficient (Wildman–Crippen LogP) is 4.17. The predicted molar refractivity (Wildman–Crippen MR) is 117 cm³/mol. The Morgan fingerprint density at radius 3 is 2.52 bits per heavy atom. The summed E-state index contributed by atoms with van der Waals surface area (Å²) in [6, 6.07) is 14.3. The van der Waals surface area contributed by atoms with E-state index in [4.69, 9.17) is 16.0 Å². The minimum atomic E-state index is -0.416. The van der Waals surface area contributed by atoms with Crippen molar-refractivity contribution in [3.63, 3.8) is 0 Å². The van der Waals surface area contributed by atoms with Crippen LogP contribution in [0.15, 0.2) is 59.2 Å². The van der Waals surface area contributed by atoms with E-state index in [0.29, 0.717) is 11.6 Å². The number of halogens is 1. The quantitative estimate of drug-likeness (QED) is 0.571. The summed E-state index contributed by atoms with van der Waals surface area (Å²) in [5.74, 6) is 0.840. The number of aromatic hydroxyl groups is 1. The Morgan fingerprint density at radius 2 is 1.84 bits per heavy atom. The van der Waals surface area contributed by atoms with Crippen molar-refractivity contribution in [3.8, 4) is 5.75 Å². The molecule has 2 aliphatic rings. The molecule has 5 rings (SSSR count). The van der Waals surface area contributed by atoms with Crippen molar-refractivity contribution < 1.29 is 14.3 Å². The van der Waals surface area contributed by atoms with E-state index in [1.807, 2.05) is 55.1 Å². The summed E-state index contributed by atoms with van der Waals surface area (Å²) in [6.07, 6.45) is 1.62. The maximum Gasteiger partial charge on any atom is 0.242 e. The number of hydrogen-bond acceptors (Lipinski definition) is 5. The standard InChI is InChI=1S/C24H24ClN3O3/c1-13-10-14(2)19(18(29)11-13)21-20-22(27-26-21)24(30)28(12-17-4-3-9-31-17)23(20)15-5-7-16(25)8-6-15/h3-11,20-23,26-27,29H,12H2,1-2H3. The van der Waals surface area contributed by atoms with Gasteiger partial charge < -0.3 is 14.4 Å². The third kappa shape index (κ3) is 3.41. The van der Waals surface area contributed by atoms with Crippen molar-refractivity contribution >= 4 is 17.5 Å². The van der Waals surface area contributed by atoms with Crippen LogP contribution in [0.1, 0.15) is 40.1 Å². The monoisotopic (exact) mass is 437 g/mol. The number of carbonyl (C=O) groups is 1. The number of amides is 1. The van der Waals surface area contributed by atoms with Crippen molar-refractivity contribution in [1.29, 1.82) is 0 Å². The Labute approximate surface area is 185 Å². The number of hydrazine groups is 1. The van der Waals surface area contributed by atoms with Gasteiger partial charge in [0.25, 0.3) is 0 Å². The van der Waals surface area contributed by atoms with Crippen LogP contribution < -0.4 is 10.9 Å². The molecule has 7 heteroatoms. The molecule has 0 radical (unpaired) electrons. The van der Waals surface area contributed by atoms with Gasteiger partial charge in [0.2, 0.25) is 5.91 Å². The van der Waals surface area contributed by atoms with Gasteiger partial charge in [-0.1, -0.05) is 29.8 Å². The van der Waals surface area contributed by atoms with Gasteiger partial charge in [0, 0.05) is 16.5 Å². The molecule has 0 bridgehead atoms. The first kappa shape index (κ1) is 20.1. The van der Waals surface area contributed by atoms with Crippen molar-refractivity contribution in [2.24, 2.45) is 5.92 Å². The van der Waals surface area contributed by atoms with Crippen molar-refractivity contribution in [2.45, 2.75) is 38.5 Å². The molecule has 4 atom stereocenters. The van der Waals surface area contributed by atoms with E-state index < -0.39 is 6.04 Å². The maximum absolute atomic E-state index is 13.5. The lowest BCUT2D eigenvalue weighted by molar-refractivity contribution is -0.131. The molecule has 6 nitrogen and oxygen atoms in total. The zero-order valence-corrected chi connectivity index (χ0v) is 18.1. The van der Waals surface area contributed by atoms with Crippen LogP contribution in [0, 0.1) is 19.8 Å². The van der Waals surface area contributed by atoms with Gasteiger partial charge in [-0.3, -0.25) is 4.79 Å². The van der Waals surface area contributed by atoms with Crippen LogP contribution in [0.4, 0.5) is 0 Å². The second kappa shape index (κ2) is 7.71. The molecular weight excluding hydrogens is 414 g/mol. The lowest BCUT2D eigenvalue weighted by Gasteiger charge is -2.31. The summed E-state index contributed by atoms with van der Waals surface area (Å²) in [7, 11) is 0. The van der Waals surface area contributed by atoms with Crippen LogP contribution in [0.2, 0.25) is 5.02 Å². The molecule has 3 aromatic rings. The van der Waals surface area contributed by atoms with Gasteiger partial charge in [0.05, 0.1) is 24.9 Å². The minimum absolute atomic E-state index is 0.000560.